The van der Waals surface area contributed by atoms with Gasteiger partial charge < -0.3 is 18.9 Å². The number of non-ortho nitro benzene ring substituents is 1. The van der Waals surface area contributed by atoms with E-state index in [-0.39, 0.29) is 36.1 Å². The maximum absolute atomic E-state index is 14.1. The van der Waals surface area contributed by atoms with Crippen LogP contribution >= 0.6 is 11.3 Å². The van der Waals surface area contributed by atoms with Crippen molar-refractivity contribution in [3.05, 3.63) is 124 Å². The Balaban J connectivity index is 1.56. The smallest absolute Gasteiger partial charge is 0.338 e. The first kappa shape index (κ1) is 33.1. The number of nitro groups is 1. The first-order valence-electron chi connectivity index (χ1n) is 15.2. The predicted molar refractivity (Wildman–Crippen MR) is 178 cm³/mol. The van der Waals surface area contributed by atoms with E-state index in [0.29, 0.717) is 55.6 Å². The molecule has 4 aromatic rings. The van der Waals surface area contributed by atoms with Crippen molar-refractivity contribution in [2.24, 2.45) is 4.99 Å². The SMILES string of the molecule is CCOC(=O)C1=C(C)N=c2s/c(=C/c3ccc(OCc4cccc([N+](=O)[O-])c4)c(OCC)c3)c(=O)n2[C@@H]1c1ccccc1OC(C)C. The molecule has 0 bridgehead atoms. The monoisotopic (exact) mass is 657 g/mol. The van der Waals surface area contributed by atoms with Gasteiger partial charge in [-0.1, -0.05) is 47.7 Å². The number of nitro benzene ring substituents is 1. The summed E-state index contributed by atoms with van der Waals surface area (Å²) in [5.74, 6) is 0.918. The fourth-order valence-corrected chi connectivity index (χ4v) is 6.27. The molecule has 0 saturated heterocycles. The van der Waals surface area contributed by atoms with Crippen molar-refractivity contribution in [3.8, 4) is 17.2 Å². The van der Waals surface area contributed by atoms with Crippen molar-refractivity contribution in [3.63, 3.8) is 0 Å². The quantitative estimate of drug-likeness (QED) is 0.111. The minimum Gasteiger partial charge on any atom is -0.491 e. The number of fused-ring (bicyclic) bond motifs is 1. The van der Waals surface area contributed by atoms with Gasteiger partial charge in [-0.25, -0.2) is 9.79 Å². The summed E-state index contributed by atoms with van der Waals surface area (Å²) in [6.45, 7) is 9.78. The number of para-hydroxylation sites is 1. The summed E-state index contributed by atoms with van der Waals surface area (Å²) < 4.78 is 25.3. The van der Waals surface area contributed by atoms with Gasteiger partial charge in [-0.2, -0.15) is 0 Å². The Morgan fingerprint density at radius 2 is 1.81 bits per heavy atom. The lowest BCUT2D eigenvalue weighted by Crippen LogP contribution is -2.40. The van der Waals surface area contributed by atoms with Crippen LogP contribution in [0.2, 0.25) is 0 Å². The van der Waals surface area contributed by atoms with Gasteiger partial charge in [0.05, 0.1) is 40.0 Å². The molecular formula is C35H35N3O8S. The molecule has 0 saturated carbocycles. The van der Waals surface area contributed by atoms with E-state index in [9.17, 15) is 19.7 Å². The van der Waals surface area contributed by atoms with E-state index < -0.39 is 16.9 Å². The molecule has 11 nitrogen and oxygen atoms in total. The van der Waals surface area contributed by atoms with Crippen LogP contribution in [0, 0.1) is 10.1 Å². The van der Waals surface area contributed by atoms with Crippen molar-refractivity contribution in [1.82, 2.24) is 4.57 Å². The number of allylic oxidation sites excluding steroid dienone is 1. The van der Waals surface area contributed by atoms with Gasteiger partial charge in [-0.3, -0.25) is 19.5 Å². The number of esters is 1. The van der Waals surface area contributed by atoms with Gasteiger partial charge >= 0.3 is 5.97 Å². The lowest BCUT2D eigenvalue weighted by molar-refractivity contribution is -0.384. The van der Waals surface area contributed by atoms with Gasteiger partial charge in [0.2, 0.25) is 0 Å². The number of hydrogen-bond acceptors (Lipinski definition) is 10. The number of thiazole rings is 1. The predicted octanol–water partition coefficient (Wildman–Crippen LogP) is 5.47. The van der Waals surface area contributed by atoms with Crippen LogP contribution in [0.4, 0.5) is 5.69 Å². The Kier molecular flexibility index (Phi) is 10.2. The third-order valence-corrected chi connectivity index (χ3v) is 8.16. The van der Waals surface area contributed by atoms with Crippen molar-refractivity contribution in [1.29, 1.82) is 0 Å². The fourth-order valence-electron chi connectivity index (χ4n) is 5.23. The summed E-state index contributed by atoms with van der Waals surface area (Å²) in [4.78, 5) is 43.3. The number of carbonyl (C=O) groups is 1. The second kappa shape index (κ2) is 14.5. The molecule has 0 N–H and O–H groups in total. The molecule has 0 radical (unpaired) electrons. The van der Waals surface area contributed by atoms with Crippen LogP contribution in [0.1, 0.15) is 57.4 Å². The number of hydrogen-bond donors (Lipinski definition) is 0. The Hall–Kier alpha value is -5.23. The molecule has 1 atom stereocenters. The largest absolute Gasteiger partial charge is 0.491 e. The van der Waals surface area contributed by atoms with Gasteiger partial charge in [-0.05, 0) is 70.0 Å². The topological polar surface area (TPSA) is 131 Å². The zero-order valence-corrected chi connectivity index (χ0v) is 27.5. The summed E-state index contributed by atoms with van der Waals surface area (Å²) in [7, 11) is 0. The van der Waals surface area contributed by atoms with Gasteiger partial charge in [-0.15, -0.1) is 0 Å². The van der Waals surface area contributed by atoms with Crippen LogP contribution < -0.4 is 29.1 Å². The van der Waals surface area contributed by atoms with E-state index in [2.05, 4.69) is 4.99 Å². The summed E-state index contributed by atoms with van der Waals surface area (Å²) in [6, 6.07) is 18.1. The first-order chi connectivity index (χ1) is 22.6. The van der Waals surface area contributed by atoms with Gasteiger partial charge in [0.1, 0.15) is 18.4 Å². The lowest BCUT2D eigenvalue weighted by Gasteiger charge is -2.26. The Labute approximate surface area is 275 Å². The number of nitrogens with zero attached hydrogens (tertiary/aromatic N) is 3. The van der Waals surface area contributed by atoms with Gasteiger partial charge in [0.25, 0.3) is 11.2 Å². The van der Waals surface area contributed by atoms with E-state index in [1.54, 1.807) is 50.3 Å². The Morgan fingerprint density at radius 1 is 1.02 bits per heavy atom. The van der Waals surface area contributed by atoms with Crippen molar-refractivity contribution in [2.45, 2.75) is 53.4 Å². The molecule has 0 spiro atoms. The minimum absolute atomic E-state index is 0.0179. The minimum atomic E-state index is -0.814. The second-order valence-electron chi connectivity index (χ2n) is 10.9. The normalized spacial score (nSPS) is 14.4. The molecule has 1 aromatic heterocycles. The van der Waals surface area contributed by atoms with E-state index in [1.165, 1.54) is 28.0 Å². The zero-order valence-electron chi connectivity index (χ0n) is 26.7. The number of carbonyl (C=O) groups excluding carboxylic acids is 1. The molecule has 0 fully saturated rings. The summed E-state index contributed by atoms with van der Waals surface area (Å²) in [6.07, 6.45) is 1.61. The maximum Gasteiger partial charge on any atom is 0.338 e. The molecule has 244 valence electrons. The molecule has 0 aliphatic carbocycles. The molecule has 5 rings (SSSR count). The van der Waals surface area contributed by atoms with Crippen LogP contribution in [-0.4, -0.2) is 34.8 Å². The molecule has 47 heavy (non-hydrogen) atoms. The number of rotatable bonds is 12. The second-order valence-corrected chi connectivity index (χ2v) is 11.9. The highest BCUT2D eigenvalue weighted by molar-refractivity contribution is 7.07. The molecule has 0 unspecified atom stereocenters. The molecule has 1 aliphatic rings. The van der Waals surface area contributed by atoms with E-state index >= 15 is 0 Å². The van der Waals surface area contributed by atoms with E-state index in [4.69, 9.17) is 18.9 Å². The van der Waals surface area contributed by atoms with Crippen molar-refractivity contribution < 1.29 is 28.7 Å². The van der Waals surface area contributed by atoms with E-state index in [0.717, 1.165) is 0 Å². The number of ether oxygens (including phenoxy) is 4. The Morgan fingerprint density at radius 3 is 2.53 bits per heavy atom. The Bertz CT molecular complexity index is 2030. The highest BCUT2D eigenvalue weighted by Gasteiger charge is 2.35. The van der Waals surface area contributed by atoms with Crippen molar-refractivity contribution >= 4 is 29.1 Å². The average molecular weight is 658 g/mol. The summed E-state index contributed by atoms with van der Waals surface area (Å²) >= 11 is 1.21. The number of benzene rings is 3. The number of aromatic nitrogens is 1. The van der Waals surface area contributed by atoms with Crippen molar-refractivity contribution in [2.75, 3.05) is 13.2 Å². The molecule has 3 aromatic carbocycles. The van der Waals surface area contributed by atoms with Gasteiger partial charge in [0, 0.05) is 17.7 Å². The molecule has 12 heteroatoms. The fraction of sp³-hybridized carbons (Fsp3) is 0.286. The lowest BCUT2D eigenvalue weighted by atomic mass is 9.95. The molecule has 2 heterocycles. The average Bonchev–Trinajstić information content (AvgIpc) is 3.34. The van der Waals surface area contributed by atoms with Crippen LogP contribution in [0.3, 0.4) is 0 Å². The van der Waals surface area contributed by atoms with Gasteiger partial charge in [0.15, 0.2) is 16.3 Å². The summed E-state index contributed by atoms with van der Waals surface area (Å²) in [5.41, 5.74) is 2.36. The zero-order chi connectivity index (χ0) is 33.7. The summed E-state index contributed by atoms with van der Waals surface area (Å²) in [5, 5.41) is 11.2. The van der Waals surface area contributed by atoms with Crippen LogP contribution in [-0.2, 0) is 16.1 Å². The third kappa shape index (κ3) is 7.28. The van der Waals surface area contributed by atoms with Crippen LogP contribution in [0.15, 0.2) is 87.8 Å². The van der Waals surface area contributed by atoms with E-state index in [1.807, 2.05) is 45.0 Å². The molecule has 0 amide bonds. The molecular weight excluding hydrogens is 622 g/mol. The highest BCUT2D eigenvalue weighted by atomic mass is 32.1. The highest BCUT2D eigenvalue weighted by Crippen LogP contribution is 2.36. The first-order valence-corrected chi connectivity index (χ1v) is 16.0. The standard InChI is InChI=1S/C35H35N3O8S/c1-6-43-29-18-23(15-16-28(29)45-20-24-11-10-12-25(17-24)38(41)42)19-30-33(39)37-32(26-13-8-9-14-27(26)46-21(3)4)31(34(40)44-7-2)22(5)36-35(37)47-30/h8-19,21,32H,6-7,20H2,1-5H3/b30-19+/t32-/m1/s1. The third-order valence-electron chi connectivity index (χ3n) is 7.17. The maximum atomic E-state index is 14.1. The van der Waals surface area contributed by atoms with Crippen LogP contribution in [0.25, 0.3) is 6.08 Å². The molecule has 1 aliphatic heterocycles. The van der Waals surface area contributed by atoms with Crippen LogP contribution in [0.5, 0.6) is 17.2 Å².